The van der Waals surface area contributed by atoms with E-state index in [-0.39, 0.29) is 6.23 Å². The number of nitrogens with one attached hydrogen (secondary N) is 1. The molecule has 0 aromatic carbocycles. The summed E-state index contributed by atoms with van der Waals surface area (Å²) >= 11 is 0. The Kier molecular flexibility index (Phi) is 3.28. The number of aromatic amines is 1. The largest absolute Gasteiger partial charge is 0.357 e. The summed E-state index contributed by atoms with van der Waals surface area (Å²) in [7, 11) is 0. The van der Waals surface area contributed by atoms with Gasteiger partial charge in [0.2, 0.25) is 0 Å². The van der Waals surface area contributed by atoms with Crippen molar-refractivity contribution in [3.05, 3.63) is 23.8 Å². The van der Waals surface area contributed by atoms with E-state index in [0.717, 1.165) is 22.5 Å². The van der Waals surface area contributed by atoms with E-state index in [1.165, 1.54) is 0 Å². The molecule has 17 heavy (non-hydrogen) atoms. The molecule has 1 unspecified atom stereocenters. The monoisotopic (exact) mass is 234 g/mol. The summed E-state index contributed by atoms with van der Waals surface area (Å²) in [5.74, 6) is 0. The van der Waals surface area contributed by atoms with Crippen LogP contribution in [0.5, 0.6) is 0 Å². The summed E-state index contributed by atoms with van der Waals surface area (Å²) in [6.07, 6.45) is 3.65. The number of nitrogens with zero attached hydrogens (tertiary/aromatic N) is 3. The number of aromatic nitrogens is 4. The predicted octanol–water partition coefficient (Wildman–Crippen LogP) is 2.45. The van der Waals surface area contributed by atoms with Gasteiger partial charge in [0.25, 0.3) is 0 Å². The average molecular weight is 234 g/mol. The van der Waals surface area contributed by atoms with Gasteiger partial charge >= 0.3 is 0 Å². The standard InChI is InChI=1S/C12H18N4O/c1-5-17-10(4)16-9(3)12(8(2)15-16)11-6-13-14-7-11/h6-7,10H,5H2,1-4H3,(H,13,14). The van der Waals surface area contributed by atoms with Crippen molar-refractivity contribution in [1.29, 1.82) is 0 Å². The van der Waals surface area contributed by atoms with Crippen LogP contribution in [0.2, 0.25) is 0 Å². The Hall–Kier alpha value is -1.62. The second-order valence-corrected chi connectivity index (χ2v) is 4.03. The molecule has 0 saturated carbocycles. The van der Waals surface area contributed by atoms with E-state index in [2.05, 4.69) is 22.2 Å². The van der Waals surface area contributed by atoms with E-state index < -0.39 is 0 Å². The Labute approximate surface area is 101 Å². The van der Waals surface area contributed by atoms with E-state index >= 15 is 0 Å². The molecule has 1 atom stereocenters. The van der Waals surface area contributed by atoms with Gasteiger partial charge in [0.15, 0.2) is 0 Å². The van der Waals surface area contributed by atoms with E-state index in [4.69, 9.17) is 4.74 Å². The number of hydrogen-bond donors (Lipinski definition) is 1. The fourth-order valence-corrected chi connectivity index (χ4v) is 2.13. The van der Waals surface area contributed by atoms with Crippen molar-refractivity contribution >= 4 is 0 Å². The molecule has 2 aromatic rings. The highest BCUT2D eigenvalue weighted by Gasteiger charge is 2.17. The normalized spacial score (nSPS) is 12.9. The highest BCUT2D eigenvalue weighted by Crippen LogP contribution is 2.27. The Bertz CT molecular complexity index is 487. The number of H-pyrrole nitrogens is 1. The second-order valence-electron chi connectivity index (χ2n) is 4.03. The smallest absolute Gasteiger partial charge is 0.147 e. The van der Waals surface area contributed by atoms with Crippen molar-refractivity contribution < 1.29 is 4.74 Å². The van der Waals surface area contributed by atoms with Crippen molar-refractivity contribution in [3.8, 4) is 11.1 Å². The van der Waals surface area contributed by atoms with Gasteiger partial charge in [-0.15, -0.1) is 0 Å². The van der Waals surface area contributed by atoms with Gasteiger partial charge in [-0.2, -0.15) is 10.2 Å². The molecule has 0 spiro atoms. The first-order valence-corrected chi connectivity index (χ1v) is 5.81. The molecule has 0 saturated heterocycles. The van der Waals surface area contributed by atoms with E-state index in [9.17, 15) is 0 Å². The molecule has 1 N–H and O–H groups in total. The van der Waals surface area contributed by atoms with Gasteiger partial charge in [0.05, 0.1) is 11.9 Å². The minimum absolute atomic E-state index is 0.0423. The van der Waals surface area contributed by atoms with Gasteiger partial charge in [0, 0.05) is 29.6 Å². The van der Waals surface area contributed by atoms with Crippen LogP contribution in [0.1, 0.15) is 31.5 Å². The lowest BCUT2D eigenvalue weighted by atomic mass is 10.1. The lowest BCUT2D eigenvalue weighted by Crippen LogP contribution is -2.12. The van der Waals surface area contributed by atoms with Crippen LogP contribution in [0.4, 0.5) is 0 Å². The molecule has 92 valence electrons. The molecule has 2 heterocycles. The van der Waals surface area contributed by atoms with Gasteiger partial charge in [-0.05, 0) is 27.7 Å². The van der Waals surface area contributed by atoms with E-state index in [1.807, 2.05) is 37.8 Å². The fraction of sp³-hybridized carbons (Fsp3) is 0.500. The maximum atomic E-state index is 5.57. The van der Waals surface area contributed by atoms with Crippen molar-refractivity contribution in [2.45, 2.75) is 33.9 Å². The van der Waals surface area contributed by atoms with Crippen LogP contribution in [0.3, 0.4) is 0 Å². The molecular formula is C12H18N4O. The molecule has 0 aliphatic heterocycles. The predicted molar refractivity (Wildman–Crippen MR) is 65.6 cm³/mol. The zero-order valence-electron chi connectivity index (χ0n) is 10.7. The molecule has 2 aromatic heterocycles. The maximum absolute atomic E-state index is 5.57. The maximum Gasteiger partial charge on any atom is 0.147 e. The van der Waals surface area contributed by atoms with Gasteiger partial charge in [0.1, 0.15) is 6.23 Å². The Morgan fingerprint density at radius 3 is 2.82 bits per heavy atom. The summed E-state index contributed by atoms with van der Waals surface area (Å²) < 4.78 is 7.49. The van der Waals surface area contributed by atoms with Crippen LogP contribution in [0.15, 0.2) is 12.4 Å². The van der Waals surface area contributed by atoms with Gasteiger partial charge in [-0.1, -0.05) is 0 Å². The SMILES string of the molecule is CCOC(C)n1nc(C)c(-c2cn[nH]c2)c1C. The molecule has 5 nitrogen and oxygen atoms in total. The molecule has 2 rings (SSSR count). The Morgan fingerprint density at radius 1 is 1.47 bits per heavy atom. The molecule has 5 heteroatoms. The summed E-state index contributed by atoms with van der Waals surface area (Å²) in [6, 6.07) is 0. The topological polar surface area (TPSA) is 55.7 Å². The zero-order valence-corrected chi connectivity index (χ0v) is 10.7. The van der Waals surface area contributed by atoms with Gasteiger partial charge in [-0.3, -0.25) is 5.10 Å². The lowest BCUT2D eigenvalue weighted by molar-refractivity contribution is 0.0144. The average Bonchev–Trinajstić information content (AvgIpc) is 2.87. The molecule has 0 aliphatic rings. The molecule has 0 fully saturated rings. The van der Waals surface area contributed by atoms with Crippen molar-refractivity contribution in [2.75, 3.05) is 6.61 Å². The van der Waals surface area contributed by atoms with Gasteiger partial charge in [-0.25, -0.2) is 4.68 Å². The first-order valence-electron chi connectivity index (χ1n) is 5.81. The van der Waals surface area contributed by atoms with Crippen molar-refractivity contribution in [1.82, 2.24) is 20.0 Å². The molecule has 0 bridgehead atoms. The summed E-state index contributed by atoms with van der Waals surface area (Å²) in [4.78, 5) is 0. The number of hydrogen-bond acceptors (Lipinski definition) is 3. The number of rotatable bonds is 4. The van der Waals surface area contributed by atoms with Crippen LogP contribution >= 0.6 is 0 Å². The first-order chi connectivity index (χ1) is 8.15. The van der Waals surface area contributed by atoms with Crippen LogP contribution in [-0.4, -0.2) is 26.6 Å². The second kappa shape index (κ2) is 4.71. The van der Waals surface area contributed by atoms with E-state index in [0.29, 0.717) is 6.61 Å². The van der Waals surface area contributed by atoms with Crippen LogP contribution in [0.25, 0.3) is 11.1 Å². The number of aryl methyl sites for hydroxylation is 1. The summed E-state index contributed by atoms with van der Waals surface area (Å²) in [5.41, 5.74) is 4.29. The zero-order chi connectivity index (χ0) is 12.4. The minimum Gasteiger partial charge on any atom is -0.357 e. The lowest BCUT2D eigenvalue weighted by Gasteiger charge is -2.14. The van der Waals surface area contributed by atoms with Crippen molar-refractivity contribution in [2.24, 2.45) is 0 Å². The van der Waals surface area contributed by atoms with Gasteiger partial charge < -0.3 is 4.74 Å². The van der Waals surface area contributed by atoms with Crippen molar-refractivity contribution in [3.63, 3.8) is 0 Å². The fourth-order valence-electron chi connectivity index (χ4n) is 2.13. The molecule has 0 aliphatic carbocycles. The first kappa shape index (κ1) is 11.9. The molecular weight excluding hydrogens is 216 g/mol. The van der Waals surface area contributed by atoms with E-state index in [1.54, 1.807) is 0 Å². The third-order valence-electron chi connectivity index (χ3n) is 2.86. The molecule has 0 amide bonds. The Balaban J connectivity index is 2.42. The third kappa shape index (κ3) is 2.10. The van der Waals surface area contributed by atoms with Crippen LogP contribution in [0, 0.1) is 13.8 Å². The summed E-state index contributed by atoms with van der Waals surface area (Å²) in [6.45, 7) is 8.73. The summed E-state index contributed by atoms with van der Waals surface area (Å²) in [5, 5.41) is 11.3. The van der Waals surface area contributed by atoms with Crippen LogP contribution < -0.4 is 0 Å². The minimum atomic E-state index is -0.0423. The quantitative estimate of drug-likeness (QED) is 0.884. The third-order valence-corrected chi connectivity index (χ3v) is 2.86. The highest BCUT2D eigenvalue weighted by atomic mass is 16.5. The molecule has 0 radical (unpaired) electrons. The highest BCUT2D eigenvalue weighted by molar-refractivity contribution is 5.66. The van der Waals surface area contributed by atoms with Crippen LogP contribution in [-0.2, 0) is 4.74 Å². The number of ether oxygens (including phenoxy) is 1. The Morgan fingerprint density at radius 2 is 2.24 bits per heavy atom.